The maximum absolute atomic E-state index is 13.7. The number of amides is 1. The van der Waals surface area contributed by atoms with Crippen LogP contribution in [-0.4, -0.2) is 37.0 Å². The van der Waals surface area contributed by atoms with Gasteiger partial charge in [0.2, 0.25) is 0 Å². The smallest absolute Gasteiger partial charge is 0.257 e. The Morgan fingerprint density at radius 3 is 2.75 bits per heavy atom. The SMILES string of the molecule is CNCC1CCCN1C(=O)c1cc(C)c(F)cc1F.Cl. The van der Waals surface area contributed by atoms with E-state index in [2.05, 4.69) is 5.32 Å². The summed E-state index contributed by atoms with van der Waals surface area (Å²) in [7, 11) is 1.82. The van der Waals surface area contributed by atoms with E-state index in [4.69, 9.17) is 0 Å². The molecule has 0 bridgehead atoms. The lowest BCUT2D eigenvalue weighted by Gasteiger charge is -2.25. The van der Waals surface area contributed by atoms with Crippen LogP contribution < -0.4 is 5.32 Å². The standard InChI is InChI=1S/C14H18F2N2O.ClH/c1-9-6-11(13(16)7-12(9)15)14(19)18-5-3-4-10(18)8-17-2;/h6-7,10,17H,3-5,8H2,1-2H3;1H. The van der Waals surface area contributed by atoms with E-state index in [-0.39, 0.29) is 35.5 Å². The van der Waals surface area contributed by atoms with E-state index >= 15 is 0 Å². The van der Waals surface area contributed by atoms with Crippen LogP contribution in [0.5, 0.6) is 0 Å². The highest BCUT2D eigenvalue weighted by Crippen LogP contribution is 2.22. The monoisotopic (exact) mass is 304 g/mol. The Hall–Kier alpha value is -1.20. The van der Waals surface area contributed by atoms with Crippen molar-refractivity contribution in [3.05, 3.63) is 34.9 Å². The Balaban J connectivity index is 0.00000200. The van der Waals surface area contributed by atoms with Crippen molar-refractivity contribution in [1.82, 2.24) is 10.2 Å². The molecular weight excluding hydrogens is 286 g/mol. The van der Waals surface area contributed by atoms with E-state index in [1.54, 1.807) is 4.90 Å². The van der Waals surface area contributed by atoms with Gasteiger partial charge in [-0.05, 0) is 38.4 Å². The van der Waals surface area contributed by atoms with Gasteiger partial charge in [-0.1, -0.05) is 0 Å². The van der Waals surface area contributed by atoms with Gasteiger partial charge in [0.25, 0.3) is 5.91 Å². The summed E-state index contributed by atoms with van der Waals surface area (Å²) in [4.78, 5) is 14.0. The Morgan fingerprint density at radius 2 is 2.10 bits per heavy atom. The summed E-state index contributed by atoms with van der Waals surface area (Å²) in [6.07, 6.45) is 1.83. The Morgan fingerprint density at radius 1 is 1.40 bits per heavy atom. The van der Waals surface area contributed by atoms with Gasteiger partial charge in [-0.25, -0.2) is 8.78 Å². The van der Waals surface area contributed by atoms with Gasteiger partial charge in [-0.3, -0.25) is 4.79 Å². The van der Waals surface area contributed by atoms with Gasteiger partial charge in [0, 0.05) is 25.2 Å². The number of carbonyl (C=O) groups excluding carboxylic acids is 1. The van der Waals surface area contributed by atoms with Crippen molar-refractivity contribution < 1.29 is 13.6 Å². The molecule has 112 valence electrons. The molecule has 1 amide bonds. The van der Waals surface area contributed by atoms with Gasteiger partial charge >= 0.3 is 0 Å². The minimum absolute atomic E-state index is 0. The number of hydrogen-bond donors (Lipinski definition) is 1. The van der Waals surface area contributed by atoms with E-state index in [1.807, 2.05) is 7.05 Å². The van der Waals surface area contributed by atoms with Gasteiger partial charge in [0.1, 0.15) is 11.6 Å². The summed E-state index contributed by atoms with van der Waals surface area (Å²) in [5.74, 6) is -1.76. The van der Waals surface area contributed by atoms with Crippen molar-refractivity contribution in [2.45, 2.75) is 25.8 Å². The Labute approximate surface area is 123 Å². The first-order valence-corrected chi connectivity index (χ1v) is 6.45. The van der Waals surface area contributed by atoms with Crippen LogP contribution in [-0.2, 0) is 0 Å². The number of carbonyl (C=O) groups is 1. The number of likely N-dealkylation sites (N-methyl/N-ethyl adjacent to an activating group) is 1. The van der Waals surface area contributed by atoms with Crippen molar-refractivity contribution in [2.75, 3.05) is 20.1 Å². The van der Waals surface area contributed by atoms with Crippen molar-refractivity contribution >= 4 is 18.3 Å². The average Bonchev–Trinajstić information content (AvgIpc) is 2.82. The molecule has 0 spiro atoms. The van der Waals surface area contributed by atoms with Crippen LogP contribution in [0.2, 0.25) is 0 Å². The Kier molecular flexibility index (Phi) is 5.89. The van der Waals surface area contributed by atoms with Gasteiger partial charge in [-0.2, -0.15) is 0 Å². The molecule has 0 saturated carbocycles. The summed E-state index contributed by atoms with van der Waals surface area (Å²) < 4.78 is 27.0. The van der Waals surface area contributed by atoms with Gasteiger partial charge in [-0.15, -0.1) is 12.4 Å². The lowest BCUT2D eigenvalue weighted by Crippen LogP contribution is -2.41. The second-order valence-corrected chi connectivity index (χ2v) is 4.93. The van der Waals surface area contributed by atoms with Crippen LogP contribution in [0.3, 0.4) is 0 Å². The van der Waals surface area contributed by atoms with Crippen LogP contribution in [0.15, 0.2) is 12.1 Å². The van der Waals surface area contributed by atoms with Crippen LogP contribution >= 0.6 is 12.4 Å². The summed E-state index contributed by atoms with van der Waals surface area (Å²) in [5.41, 5.74) is 0.246. The largest absolute Gasteiger partial charge is 0.334 e. The minimum Gasteiger partial charge on any atom is -0.334 e. The number of benzene rings is 1. The van der Waals surface area contributed by atoms with E-state index in [1.165, 1.54) is 13.0 Å². The van der Waals surface area contributed by atoms with Crippen molar-refractivity contribution in [3.8, 4) is 0 Å². The molecule has 1 aromatic carbocycles. The molecule has 1 fully saturated rings. The van der Waals surface area contributed by atoms with Crippen molar-refractivity contribution in [3.63, 3.8) is 0 Å². The molecule has 1 heterocycles. The third kappa shape index (κ3) is 3.27. The maximum atomic E-state index is 13.7. The Bertz CT molecular complexity index is 496. The van der Waals surface area contributed by atoms with E-state index in [9.17, 15) is 13.6 Å². The zero-order valence-electron chi connectivity index (χ0n) is 11.6. The summed E-state index contributed by atoms with van der Waals surface area (Å²) in [5, 5.41) is 3.03. The fraction of sp³-hybridized carbons (Fsp3) is 0.500. The normalized spacial score (nSPS) is 18.0. The molecule has 1 saturated heterocycles. The summed E-state index contributed by atoms with van der Waals surface area (Å²) >= 11 is 0. The highest BCUT2D eigenvalue weighted by molar-refractivity contribution is 5.95. The maximum Gasteiger partial charge on any atom is 0.257 e. The molecule has 1 N–H and O–H groups in total. The zero-order valence-corrected chi connectivity index (χ0v) is 12.4. The lowest BCUT2D eigenvalue weighted by atomic mass is 10.1. The van der Waals surface area contributed by atoms with E-state index < -0.39 is 11.6 Å². The number of nitrogens with one attached hydrogen (secondary N) is 1. The minimum atomic E-state index is -0.789. The molecule has 0 aliphatic carbocycles. The molecule has 1 atom stereocenters. The second kappa shape index (κ2) is 6.99. The molecule has 20 heavy (non-hydrogen) atoms. The van der Waals surface area contributed by atoms with Crippen LogP contribution in [0.25, 0.3) is 0 Å². The van der Waals surface area contributed by atoms with E-state index in [0.717, 1.165) is 18.9 Å². The molecule has 1 aliphatic rings. The first-order chi connectivity index (χ1) is 9.04. The van der Waals surface area contributed by atoms with Crippen LogP contribution in [0.1, 0.15) is 28.8 Å². The number of aryl methyl sites for hydroxylation is 1. The molecular formula is C14H19ClF2N2O. The van der Waals surface area contributed by atoms with Gasteiger partial charge < -0.3 is 10.2 Å². The topological polar surface area (TPSA) is 32.3 Å². The summed E-state index contributed by atoms with van der Waals surface area (Å²) in [6, 6.07) is 2.16. The van der Waals surface area contributed by atoms with Crippen molar-refractivity contribution in [1.29, 1.82) is 0 Å². The van der Waals surface area contributed by atoms with E-state index in [0.29, 0.717) is 13.1 Å². The molecule has 6 heteroatoms. The van der Waals surface area contributed by atoms with Crippen LogP contribution in [0, 0.1) is 18.6 Å². The number of rotatable bonds is 3. The first kappa shape index (κ1) is 16.9. The first-order valence-electron chi connectivity index (χ1n) is 6.45. The molecule has 1 aromatic rings. The predicted octanol–water partition coefficient (Wildman–Crippen LogP) is 2.52. The molecule has 0 aromatic heterocycles. The highest BCUT2D eigenvalue weighted by Gasteiger charge is 2.30. The lowest BCUT2D eigenvalue weighted by molar-refractivity contribution is 0.0732. The zero-order chi connectivity index (χ0) is 14.0. The fourth-order valence-electron chi connectivity index (χ4n) is 2.53. The molecule has 3 nitrogen and oxygen atoms in total. The molecule has 2 rings (SSSR count). The number of likely N-dealkylation sites (tertiary alicyclic amines) is 1. The predicted molar refractivity (Wildman–Crippen MR) is 76.3 cm³/mol. The number of hydrogen-bond acceptors (Lipinski definition) is 2. The average molecular weight is 305 g/mol. The summed E-state index contributed by atoms with van der Waals surface area (Å²) in [6.45, 7) is 2.84. The molecule has 1 unspecified atom stereocenters. The fourth-order valence-corrected chi connectivity index (χ4v) is 2.53. The third-order valence-corrected chi connectivity index (χ3v) is 3.56. The quantitative estimate of drug-likeness (QED) is 0.930. The second-order valence-electron chi connectivity index (χ2n) is 4.93. The van der Waals surface area contributed by atoms with Crippen LogP contribution in [0.4, 0.5) is 8.78 Å². The highest BCUT2D eigenvalue weighted by atomic mass is 35.5. The number of halogens is 3. The molecule has 1 aliphatic heterocycles. The third-order valence-electron chi connectivity index (χ3n) is 3.56. The molecule has 0 radical (unpaired) electrons. The van der Waals surface area contributed by atoms with Gasteiger partial charge in [0.15, 0.2) is 0 Å². The van der Waals surface area contributed by atoms with Gasteiger partial charge in [0.05, 0.1) is 5.56 Å². The number of nitrogens with zero attached hydrogens (tertiary/aromatic N) is 1. The van der Waals surface area contributed by atoms with Crippen molar-refractivity contribution in [2.24, 2.45) is 0 Å².